The fourth-order valence-corrected chi connectivity index (χ4v) is 3.71. The van der Waals surface area contributed by atoms with Crippen molar-refractivity contribution in [1.29, 1.82) is 0 Å². The number of aldehydes is 1. The minimum Gasteiger partial charge on any atom is -0.390 e. The monoisotopic (exact) mass is 416 g/mol. The van der Waals surface area contributed by atoms with E-state index in [2.05, 4.69) is 4.98 Å². The van der Waals surface area contributed by atoms with Crippen molar-refractivity contribution in [3.05, 3.63) is 65.0 Å². The molecule has 0 spiro atoms. The molecule has 1 unspecified atom stereocenters. The van der Waals surface area contributed by atoms with E-state index in [1.165, 1.54) is 12.1 Å². The molecule has 2 aromatic rings. The number of hydrogen-bond acceptors (Lipinski definition) is 6. The highest BCUT2D eigenvalue weighted by molar-refractivity contribution is 7.90. The number of nitrogens with one attached hydrogen (secondary N) is 1. The van der Waals surface area contributed by atoms with Gasteiger partial charge < -0.3 is 9.90 Å². The lowest BCUT2D eigenvalue weighted by Gasteiger charge is -2.18. The first-order valence-electron chi connectivity index (χ1n) is 7.81. The van der Waals surface area contributed by atoms with Crippen LogP contribution in [0.5, 0.6) is 0 Å². The van der Waals surface area contributed by atoms with Crippen LogP contribution in [0.25, 0.3) is 0 Å². The van der Waals surface area contributed by atoms with Gasteiger partial charge in [0.2, 0.25) is 10.0 Å². The lowest BCUT2D eigenvalue weighted by atomic mass is 10.1. The third-order valence-electron chi connectivity index (χ3n) is 3.75. The van der Waals surface area contributed by atoms with Crippen LogP contribution >= 0.6 is 0 Å². The van der Waals surface area contributed by atoms with Gasteiger partial charge in [0.25, 0.3) is 5.91 Å². The van der Waals surface area contributed by atoms with E-state index >= 15 is 0 Å². The van der Waals surface area contributed by atoms with Crippen molar-refractivity contribution in [2.24, 2.45) is 0 Å². The van der Waals surface area contributed by atoms with Crippen molar-refractivity contribution in [2.45, 2.75) is 24.5 Å². The fraction of sp³-hybridized carbons (Fsp3) is 0.235. The zero-order valence-corrected chi connectivity index (χ0v) is 15.0. The molecule has 1 amide bonds. The molecule has 1 aromatic heterocycles. The quantitative estimate of drug-likeness (QED) is 0.668. The molecule has 150 valence electrons. The molecule has 0 radical (unpaired) electrons. The maximum absolute atomic E-state index is 12.9. The van der Waals surface area contributed by atoms with Crippen LogP contribution in [0.2, 0.25) is 0 Å². The maximum Gasteiger partial charge on any atom is 0.416 e. The number of benzene rings is 1. The molecule has 1 atom stereocenters. The molecule has 28 heavy (non-hydrogen) atoms. The number of alkyl halides is 3. The summed E-state index contributed by atoms with van der Waals surface area (Å²) in [6, 6.07) is 6.06. The molecule has 0 saturated heterocycles. The molecule has 0 fully saturated rings. The van der Waals surface area contributed by atoms with Crippen LogP contribution in [-0.4, -0.2) is 30.7 Å². The van der Waals surface area contributed by atoms with Gasteiger partial charge in [-0.1, -0.05) is 18.2 Å². The molecule has 11 heteroatoms. The van der Waals surface area contributed by atoms with Gasteiger partial charge in [0.1, 0.15) is 11.5 Å². The molecule has 0 saturated carbocycles. The molecular weight excluding hydrogens is 401 g/mol. The number of hydrogen-bond donors (Lipinski definition) is 2. The Kier molecular flexibility index (Phi) is 6.52. The first kappa shape index (κ1) is 21.5. The summed E-state index contributed by atoms with van der Waals surface area (Å²) in [4.78, 5) is 26.8. The average Bonchev–Trinajstić information content (AvgIpc) is 2.65. The zero-order valence-electron chi connectivity index (χ0n) is 14.2. The number of rotatable bonds is 7. The highest BCUT2D eigenvalue weighted by Crippen LogP contribution is 2.33. The smallest absolute Gasteiger partial charge is 0.390 e. The average molecular weight is 416 g/mol. The molecule has 0 aliphatic rings. The minimum absolute atomic E-state index is 0.144. The maximum atomic E-state index is 12.9. The van der Waals surface area contributed by atoms with Crippen LogP contribution in [0.15, 0.2) is 42.6 Å². The Morgan fingerprint density at radius 1 is 1.25 bits per heavy atom. The third-order valence-corrected chi connectivity index (χ3v) is 5.44. The first-order valence-corrected chi connectivity index (χ1v) is 9.35. The van der Waals surface area contributed by atoms with Crippen molar-refractivity contribution in [3.8, 4) is 0 Å². The van der Waals surface area contributed by atoms with Gasteiger partial charge in [-0.3, -0.25) is 9.78 Å². The number of pyridine rings is 1. The van der Waals surface area contributed by atoms with E-state index in [9.17, 15) is 31.2 Å². The third kappa shape index (κ3) is 5.14. The molecule has 0 aliphatic carbocycles. The number of nitrogens with zero attached hydrogens (tertiary/aromatic N) is 1. The topological polar surface area (TPSA) is 113 Å². The number of carbonyl (C=O) groups excluding carboxylic acids is 2. The summed E-state index contributed by atoms with van der Waals surface area (Å²) >= 11 is 0. The Labute approximate surface area is 158 Å². The van der Waals surface area contributed by atoms with Gasteiger partial charge in [0.05, 0.1) is 23.4 Å². The number of aliphatic hydroxyl groups excluding tert-OH is 1. The normalized spacial score (nSPS) is 13.0. The van der Waals surface area contributed by atoms with Crippen LogP contribution in [0.4, 0.5) is 13.2 Å². The Morgan fingerprint density at radius 2 is 1.96 bits per heavy atom. The van der Waals surface area contributed by atoms with Gasteiger partial charge in [-0.25, -0.2) is 13.1 Å². The number of carbonyl (C=O) groups is 2. The van der Waals surface area contributed by atoms with E-state index < -0.39 is 39.3 Å². The van der Waals surface area contributed by atoms with Crippen LogP contribution < -0.4 is 4.72 Å². The Morgan fingerprint density at radius 3 is 2.50 bits per heavy atom. The largest absolute Gasteiger partial charge is 0.416 e. The SMILES string of the molecule is O=CCC(c1cccc(C(F)(F)F)c1)S(=O)(=O)NC(=O)c1ccc(CO)nc1. The van der Waals surface area contributed by atoms with Crippen LogP contribution in [0, 0.1) is 0 Å². The summed E-state index contributed by atoms with van der Waals surface area (Å²) in [6.45, 7) is -0.378. The van der Waals surface area contributed by atoms with Crippen molar-refractivity contribution < 1.29 is 36.3 Å². The van der Waals surface area contributed by atoms with E-state index in [4.69, 9.17) is 5.11 Å². The minimum atomic E-state index is -4.70. The first-order chi connectivity index (χ1) is 13.1. The highest BCUT2D eigenvalue weighted by Gasteiger charge is 2.34. The molecule has 1 heterocycles. The van der Waals surface area contributed by atoms with Gasteiger partial charge in [-0.05, 0) is 23.8 Å². The summed E-state index contributed by atoms with van der Waals surface area (Å²) in [5.41, 5.74) is -1.25. The van der Waals surface area contributed by atoms with Gasteiger partial charge in [-0.15, -0.1) is 0 Å². The molecule has 2 N–H and O–H groups in total. The Bertz CT molecular complexity index is 960. The van der Waals surface area contributed by atoms with Crippen molar-refractivity contribution in [3.63, 3.8) is 0 Å². The molecule has 7 nitrogen and oxygen atoms in total. The van der Waals surface area contributed by atoms with E-state index in [0.29, 0.717) is 6.07 Å². The second kappa shape index (κ2) is 8.48. The number of amides is 1. The summed E-state index contributed by atoms with van der Waals surface area (Å²) in [6.07, 6.45) is -4.07. The lowest BCUT2D eigenvalue weighted by molar-refractivity contribution is -0.137. The van der Waals surface area contributed by atoms with E-state index in [-0.39, 0.29) is 29.7 Å². The van der Waals surface area contributed by atoms with Crippen molar-refractivity contribution in [2.75, 3.05) is 0 Å². The zero-order chi connectivity index (χ0) is 20.9. The summed E-state index contributed by atoms with van der Waals surface area (Å²) in [7, 11) is -4.54. The fourth-order valence-electron chi connectivity index (χ4n) is 2.36. The molecular formula is C17H15F3N2O5S. The second-order valence-corrected chi connectivity index (χ2v) is 7.55. The van der Waals surface area contributed by atoms with Gasteiger partial charge in [0.15, 0.2) is 0 Å². The van der Waals surface area contributed by atoms with Gasteiger partial charge in [-0.2, -0.15) is 13.2 Å². The number of halogens is 3. The van der Waals surface area contributed by atoms with Crippen molar-refractivity contribution >= 4 is 22.2 Å². The Hall–Kier alpha value is -2.79. The molecule has 1 aromatic carbocycles. The second-order valence-electron chi connectivity index (χ2n) is 5.69. The van der Waals surface area contributed by atoms with Crippen LogP contribution in [0.1, 0.15) is 38.8 Å². The molecule has 0 bridgehead atoms. The van der Waals surface area contributed by atoms with E-state index in [1.807, 2.05) is 0 Å². The predicted octanol–water partition coefficient (Wildman–Crippen LogP) is 1.98. The lowest BCUT2D eigenvalue weighted by Crippen LogP contribution is -2.35. The predicted molar refractivity (Wildman–Crippen MR) is 91.4 cm³/mol. The van der Waals surface area contributed by atoms with Gasteiger partial charge in [0, 0.05) is 12.6 Å². The standard InChI is InChI=1S/C17H15F3N2O5S/c18-17(19,20)13-3-1-2-11(8-13)15(6-7-23)28(26,27)22-16(25)12-4-5-14(10-24)21-9-12/h1-5,7-9,15,24H,6,10H2,(H,22,25). The van der Waals surface area contributed by atoms with Crippen LogP contribution in [0.3, 0.4) is 0 Å². The van der Waals surface area contributed by atoms with Crippen molar-refractivity contribution in [1.82, 2.24) is 9.71 Å². The summed E-state index contributed by atoms with van der Waals surface area (Å²) < 4.78 is 65.5. The summed E-state index contributed by atoms with van der Waals surface area (Å²) in [5, 5.41) is 7.23. The molecule has 2 rings (SSSR count). The number of sulfonamides is 1. The summed E-state index contributed by atoms with van der Waals surface area (Å²) in [5.74, 6) is -1.07. The van der Waals surface area contributed by atoms with Crippen LogP contribution in [-0.2, 0) is 27.6 Å². The number of aromatic nitrogens is 1. The number of aliphatic hydroxyl groups is 1. The van der Waals surface area contributed by atoms with Gasteiger partial charge >= 0.3 is 6.18 Å². The van der Waals surface area contributed by atoms with E-state index in [0.717, 1.165) is 24.4 Å². The Balaban J connectivity index is 2.33. The molecule has 0 aliphatic heterocycles. The highest BCUT2D eigenvalue weighted by atomic mass is 32.2. The van der Waals surface area contributed by atoms with E-state index in [1.54, 1.807) is 4.72 Å².